The Morgan fingerprint density at radius 1 is 0.458 bits per heavy atom. The zero-order valence-electron chi connectivity index (χ0n) is 32.9. The summed E-state index contributed by atoms with van der Waals surface area (Å²) in [6.45, 7) is 2.42. The van der Waals surface area contributed by atoms with E-state index in [0.29, 0.717) is 0 Å². The van der Waals surface area contributed by atoms with Gasteiger partial charge in [0.1, 0.15) is 0 Å². The summed E-state index contributed by atoms with van der Waals surface area (Å²) < 4.78 is 0. The Morgan fingerprint density at radius 3 is 1.92 bits per heavy atom. The summed E-state index contributed by atoms with van der Waals surface area (Å²) in [6.07, 6.45) is 9.24. The Bertz CT molecular complexity index is 3070. The fourth-order valence-electron chi connectivity index (χ4n) is 9.72. The van der Waals surface area contributed by atoms with E-state index in [-0.39, 0.29) is 11.5 Å². The number of nitrogens with zero attached hydrogens (tertiary/aromatic N) is 2. The van der Waals surface area contributed by atoms with Crippen molar-refractivity contribution < 1.29 is 0 Å². The summed E-state index contributed by atoms with van der Waals surface area (Å²) in [5.74, 6) is 0. The van der Waals surface area contributed by atoms with Crippen LogP contribution < -0.4 is 9.80 Å². The predicted octanol–water partition coefficient (Wildman–Crippen LogP) is 15.4. The first kappa shape index (κ1) is 34.8. The van der Waals surface area contributed by atoms with E-state index in [9.17, 15) is 0 Å². The van der Waals surface area contributed by atoms with Gasteiger partial charge in [-0.1, -0.05) is 182 Å². The lowest BCUT2D eigenvalue weighted by molar-refractivity contribution is 0.552. The smallest absolute Gasteiger partial charge is 0.0655 e. The summed E-state index contributed by atoms with van der Waals surface area (Å²) >= 11 is 0. The van der Waals surface area contributed by atoms with Gasteiger partial charge in [-0.3, -0.25) is 0 Å². The average molecular weight is 755 g/mol. The second-order valence-corrected chi connectivity index (χ2v) is 15.9. The number of hydrogen-bond donors (Lipinski definition) is 0. The van der Waals surface area contributed by atoms with Crippen LogP contribution in [0.3, 0.4) is 0 Å². The van der Waals surface area contributed by atoms with Crippen molar-refractivity contribution in [2.45, 2.75) is 18.4 Å². The van der Waals surface area contributed by atoms with Crippen LogP contribution in [0.1, 0.15) is 12.5 Å². The van der Waals surface area contributed by atoms with Crippen molar-refractivity contribution in [2.24, 2.45) is 0 Å². The molecule has 9 aromatic rings. The third-order valence-electron chi connectivity index (χ3n) is 12.4. The summed E-state index contributed by atoms with van der Waals surface area (Å²) in [5, 5.41) is 5.01. The summed E-state index contributed by atoms with van der Waals surface area (Å²) in [6, 6.07) is 75.4. The molecule has 11 rings (SSSR count). The van der Waals surface area contributed by atoms with Crippen LogP contribution in [0.5, 0.6) is 0 Å². The minimum atomic E-state index is -0.258. The molecule has 0 aromatic heterocycles. The van der Waals surface area contributed by atoms with Crippen LogP contribution in [0.4, 0.5) is 28.4 Å². The molecular formula is C57H42N2. The van der Waals surface area contributed by atoms with Crippen molar-refractivity contribution in [2.75, 3.05) is 9.80 Å². The standard InChI is InChI=1S/C57H42N2/c1-57-37-15-14-32-54(57)59(45-24-6-3-7-25-45)56-51-29-11-9-21-44(51)39-52(55(56)57)43-23-16-26-47(38-43)58(53-31-13-12-28-50(53)41-18-4-2-5-19-41)46-35-33-42(34-36-46)49-30-17-22-40-20-8-10-27-48(40)49/h2-39,54H,1H3. The van der Waals surface area contributed by atoms with E-state index in [0.717, 1.165) is 17.1 Å². The fourth-order valence-corrected chi connectivity index (χ4v) is 9.72. The number of allylic oxidation sites excluding steroid dienone is 2. The van der Waals surface area contributed by atoms with Gasteiger partial charge in [-0.15, -0.1) is 0 Å². The van der Waals surface area contributed by atoms with Gasteiger partial charge in [0, 0.05) is 33.4 Å². The molecule has 9 aromatic carbocycles. The largest absolute Gasteiger partial charge is 0.332 e. The Morgan fingerprint density at radius 2 is 1.08 bits per heavy atom. The quantitative estimate of drug-likeness (QED) is 0.160. The Labute approximate surface area is 346 Å². The fraction of sp³-hybridized carbons (Fsp3) is 0.0526. The molecule has 2 aliphatic rings. The van der Waals surface area contributed by atoms with Gasteiger partial charge in [-0.25, -0.2) is 0 Å². The third-order valence-corrected chi connectivity index (χ3v) is 12.4. The molecule has 2 unspecified atom stereocenters. The predicted molar refractivity (Wildman–Crippen MR) is 250 cm³/mol. The molecule has 2 atom stereocenters. The van der Waals surface area contributed by atoms with Crippen LogP contribution in [0.15, 0.2) is 231 Å². The minimum absolute atomic E-state index is 0.132. The number of fused-ring (bicyclic) bond motifs is 6. The number of benzene rings is 9. The minimum Gasteiger partial charge on any atom is -0.332 e. The number of rotatable bonds is 7. The summed E-state index contributed by atoms with van der Waals surface area (Å²) in [4.78, 5) is 5.01. The van der Waals surface area contributed by atoms with Crippen molar-refractivity contribution in [3.05, 3.63) is 236 Å². The van der Waals surface area contributed by atoms with Gasteiger partial charge in [-0.05, 0) is 105 Å². The zero-order valence-corrected chi connectivity index (χ0v) is 32.9. The molecule has 59 heavy (non-hydrogen) atoms. The first-order valence-corrected chi connectivity index (χ1v) is 20.6. The van der Waals surface area contributed by atoms with Gasteiger partial charge in [0.15, 0.2) is 0 Å². The van der Waals surface area contributed by atoms with Crippen molar-refractivity contribution in [3.8, 4) is 33.4 Å². The van der Waals surface area contributed by atoms with E-state index in [1.807, 2.05) is 0 Å². The first-order chi connectivity index (χ1) is 29.2. The zero-order chi connectivity index (χ0) is 39.3. The van der Waals surface area contributed by atoms with Crippen LogP contribution in [-0.4, -0.2) is 6.04 Å². The summed E-state index contributed by atoms with van der Waals surface area (Å²) in [5.41, 5.74) is 14.2. The molecule has 0 radical (unpaired) electrons. The second kappa shape index (κ2) is 14.2. The topological polar surface area (TPSA) is 6.48 Å². The molecule has 0 saturated heterocycles. The van der Waals surface area contributed by atoms with Gasteiger partial charge in [0.05, 0.1) is 17.4 Å². The molecule has 0 fully saturated rings. The van der Waals surface area contributed by atoms with Gasteiger partial charge >= 0.3 is 0 Å². The Balaban J connectivity index is 1.12. The normalized spacial score (nSPS) is 16.6. The van der Waals surface area contributed by atoms with Crippen LogP contribution in [-0.2, 0) is 5.41 Å². The van der Waals surface area contributed by atoms with Gasteiger partial charge in [0.25, 0.3) is 0 Å². The Hall–Kier alpha value is -7.42. The highest BCUT2D eigenvalue weighted by atomic mass is 15.2. The SMILES string of the molecule is CC12C=CC=CC1N(c1ccccc1)c1c2c(-c2cccc(N(c3ccc(-c4cccc5ccccc45)cc3)c3ccccc3-c3ccccc3)c2)cc2ccccc12. The van der Waals surface area contributed by atoms with Gasteiger partial charge in [-0.2, -0.15) is 0 Å². The highest BCUT2D eigenvalue weighted by Crippen LogP contribution is 2.57. The highest BCUT2D eigenvalue weighted by molar-refractivity contribution is 6.06. The lowest BCUT2D eigenvalue weighted by Crippen LogP contribution is -2.39. The number of anilines is 5. The van der Waals surface area contributed by atoms with E-state index < -0.39 is 0 Å². The molecule has 2 heteroatoms. The van der Waals surface area contributed by atoms with Crippen molar-refractivity contribution in [1.82, 2.24) is 0 Å². The average Bonchev–Trinajstić information content (AvgIpc) is 3.59. The molecule has 280 valence electrons. The van der Waals surface area contributed by atoms with Crippen LogP contribution in [0, 0.1) is 0 Å². The second-order valence-electron chi connectivity index (χ2n) is 15.9. The van der Waals surface area contributed by atoms with Crippen molar-refractivity contribution in [1.29, 1.82) is 0 Å². The lowest BCUT2D eigenvalue weighted by Gasteiger charge is -2.35. The third kappa shape index (κ3) is 5.79. The van der Waals surface area contributed by atoms with Gasteiger partial charge < -0.3 is 9.80 Å². The Kier molecular flexibility index (Phi) is 8.37. The molecule has 0 spiro atoms. The number of para-hydroxylation sites is 2. The van der Waals surface area contributed by atoms with Crippen molar-refractivity contribution in [3.63, 3.8) is 0 Å². The number of hydrogen-bond acceptors (Lipinski definition) is 2. The van der Waals surface area contributed by atoms with E-state index in [2.05, 4.69) is 247 Å². The van der Waals surface area contributed by atoms with Crippen LogP contribution in [0.25, 0.3) is 54.9 Å². The van der Waals surface area contributed by atoms with Gasteiger partial charge in [0.2, 0.25) is 0 Å². The molecule has 0 bridgehead atoms. The van der Waals surface area contributed by atoms with Crippen LogP contribution in [0.2, 0.25) is 0 Å². The molecular weight excluding hydrogens is 713 g/mol. The van der Waals surface area contributed by atoms with Crippen molar-refractivity contribution >= 4 is 50.0 Å². The molecule has 0 saturated carbocycles. The first-order valence-electron chi connectivity index (χ1n) is 20.6. The van der Waals surface area contributed by atoms with E-state index in [1.165, 1.54) is 71.9 Å². The van der Waals surface area contributed by atoms with E-state index in [4.69, 9.17) is 0 Å². The van der Waals surface area contributed by atoms with E-state index in [1.54, 1.807) is 0 Å². The maximum atomic E-state index is 2.57. The molecule has 0 amide bonds. The van der Waals surface area contributed by atoms with E-state index >= 15 is 0 Å². The molecule has 0 N–H and O–H groups in total. The lowest BCUT2D eigenvalue weighted by atomic mass is 9.73. The van der Waals surface area contributed by atoms with Crippen LogP contribution >= 0.6 is 0 Å². The highest BCUT2D eigenvalue weighted by Gasteiger charge is 2.48. The molecule has 2 nitrogen and oxygen atoms in total. The summed E-state index contributed by atoms with van der Waals surface area (Å²) in [7, 11) is 0. The molecule has 1 aliphatic carbocycles. The molecule has 1 aliphatic heterocycles. The molecule has 1 heterocycles. The monoisotopic (exact) mass is 754 g/mol. The maximum absolute atomic E-state index is 2.57. The maximum Gasteiger partial charge on any atom is 0.0655 e.